The predicted molar refractivity (Wildman–Crippen MR) is 68.4 cm³/mol. The van der Waals surface area contributed by atoms with E-state index >= 15 is 0 Å². The van der Waals surface area contributed by atoms with Gasteiger partial charge in [0.25, 0.3) is 5.91 Å². The van der Waals surface area contributed by atoms with E-state index in [1.165, 1.54) is 18.2 Å². The number of aromatic hydroxyl groups is 1. The normalized spacial score (nSPS) is 11.5. The molecule has 108 valence electrons. The lowest BCUT2D eigenvalue weighted by Crippen LogP contribution is -2.42. The first kappa shape index (κ1) is 15.5. The summed E-state index contributed by atoms with van der Waals surface area (Å²) in [5.74, 6) is -2.86. The molecule has 1 aromatic rings. The smallest absolute Gasteiger partial charge is 0.326 e. The van der Waals surface area contributed by atoms with E-state index in [0.717, 1.165) is 7.11 Å². The van der Waals surface area contributed by atoms with Gasteiger partial charge in [-0.3, -0.25) is 9.59 Å². The van der Waals surface area contributed by atoms with Crippen LogP contribution in [0.3, 0.4) is 0 Å². The number of carbonyl (C=O) groups is 3. The molecule has 7 nitrogen and oxygen atoms in total. The Morgan fingerprint density at radius 1 is 1.35 bits per heavy atom. The number of carbonyl (C=O) groups excluding carboxylic acids is 2. The summed E-state index contributed by atoms with van der Waals surface area (Å²) in [6, 6.07) is 2.81. The van der Waals surface area contributed by atoms with Gasteiger partial charge in [-0.15, -0.1) is 0 Å². The number of carboxylic acids is 1. The van der Waals surface area contributed by atoms with Crippen LogP contribution in [0.2, 0.25) is 0 Å². The lowest BCUT2D eigenvalue weighted by atomic mass is 10.1. The van der Waals surface area contributed by atoms with Gasteiger partial charge in [-0.2, -0.15) is 0 Å². The number of amides is 1. The van der Waals surface area contributed by atoms with Crippen molar-refractivity contribution in [1.29, 1.82) is 0 Å². The Morgan fingerprint density at radius 3 is 2.50 bits per heavy atom. The van der Waals surface area contributed by atoms with Crippen molar-refractivity contribution in [2.24, 2.45) is 0 Å². The molecule has 1 amide bonds. The van der Waals surface area contributed by atoms with Gasteiger partial charge in [-0.25, -0.2) is 4.79 Å². The van der Waals surface area contributed by atoms with Crippen LogP contribution in [0.4, 0.5) is 0 Å². The number of hydrogen-bond acceptors (Lipinski definition) is 5. The Labute approximate surface area is 115 Å². The van der Waals surface area contributed by atoms with Gasteiger partial charge in [-0.1, -0.05) is 6.07 Å². The van der Waals surface area contributed by atoms with Gasteiger partial charge < -0.3 is 20.3 Å². The molecule has 0 aliphatic heterocycles. The second kappa shape index (κ2) is 6.55. The zero-order valence-electron chi connectivity index (χ0n) is 11.0. The molecule has 0 heterocycles. The van der Waals surface area contributed by atoms with E-state index in [4.69, 9.17) is 5.11 Å². The summed E-state index contributed by atoms with van der Waals surface area (Å²) in [6.07, 6.45) is -0.477. The molecule has 0 saturated carbocycles. The molecular weight excluding hydrogens is 266 g/mol. The summed E-state index contributed by atoms with van der Waals surface area (Å²) < 4.78 is 4.36. The zero-order valence-corrected chi connectivity index (χ0v) is 11.0. The van der Waals surface area contributed by atoms with Gasteiger partial charge in [0, 0.05) is 5.56 Å². The monoisotopic (exact) mass is 281 g/mol. The topological polar surface area (TPSA) is 113 Å². The number of hydrogen-bond donors (Lipinski definition) is 3. The van der Waals surface area contributed by atoms with Crippen LogP contribution >= 0.6 is 0 Å². The number of phenols is 1. The molecule has 0 aliphatic rings. The average Bonchev–Trinajstić information content (AvgIpc) is 2.40. The highest BCUT2D eigenvalue weighted by Crippen LogP contribution is 2.17. The Balaban J connectivity index is 2.82. The molecular formula is C13H15NO6. The highest BCUT2D eigenvalue weighted by molar-refractivity contribution is 5.97. The van der Waals surface area contributed by atoms with E-state index in [0.29, 0.717) is 5.56 Å². The van der Waals surface area contributed by atoms with Gasteiger partial charge >= 0.3 is 11.9 Å². The quantitative estimate of drug-likeness (QED) is 0.675. The van der Waals surface area contributed by atoms with Crippen LogP contribution in [0.15, 0.2) is 18.2 Å². The molecule has 0 bridgehead atoms. The first-order valence-electron chi connectivity index (χ1n) is 5.75. The number of nitrogens with one attached hydrogen (secondary N) is 1. The summed E-state index contributed by atoms with van der Waals surface area (Å²) in [5.41, 5.74) is 0.690. The van der Waals surface area contributed by atoms with Crippen LogP contribution in [-0.4, -0.2) is 41.2 Å². The first-order chi connectivity index (χ1) is 9.35. The second-order valence-electron chi connectivity index (χ2n) is 4.15. The van der Waals surface area contributed by atoms with E-state index in [9.17, 15) is 19.5 Å². The summed E-state index contributed by atoms with van der Waals surface area (Å²) in [4.78, 5) is 33.9. The van der Waals surface area contributed by atoms with Crippen LogP contribution in [0.5, 0.6) is 5.75 Å². The van der Waals surface area contributed by atoms with Gasteiger partial charge in [0.05, 0.1) is 13.5 Å². The fraction of sp³-hybridized carbons (Fsp3) is 0.308. The minimum Gasteiger partial charge on any atom is -0.508 e. The SMILES string of the molecule is COC(=O)C[C@H](NC(=O)c1ccc(C)c(O)c1)C(=O)O. The lowest BCUT2D eigenvalue weighted by Gasteiger charge is -2.13. The molecule has 20 heavy (non-hydrogen) atoms. The largest absolute Gasteiger partial charge is 0.508 e. The molecule has 1 rings (SSSR count). The van der Waals surface area contributed by atoms with E-state index in [2.05, 4.69) is 10.1 Å². The Hall–Kier alpha value is -2.57. The van der Waals surface area contributed by atoms with E-state index in [-0.39, 0.29) is 11.3 Å². The minimum absolute atomic E-state index is 0.0718. The van der Waals surface area contributed by atoms with E-state index in [1.54, 1.807) is 6.92 Å². The highest BCUT2D eigenvalue weighted by Gasteiger charge is 2.24. The molecule has 0 aliphatic carbocycles. The molecule has 0 saturated heterocycles. The zero-order chi connectivity index (χ0) is 15.3. The molecule has 1 aromatic carbocycles. The number of methoxy groups -OCH3 is 1. The predicted octanol–water partition coefficient (Wildman–Crippen LogP) is 0.447. The van der Waals surface area contributed by atoms with Gasteiger partial charge in [0.15, 0.2) is 0 Å². The van der Waals surface area contributed by atoms with Crippen molar-refractivity contribution < 1.29 is 29.3 Å². The third-order valence-corrected chi connectivity index (χ3v) is 2.67. The van der Waals surface area contributed by atoms with Gasteiger partial charge in [0.2, 0.25) is 0 Å². The number of benzene rings is 1. The van der Waals surface area contributed by atoms with Crippen molar-refractivity contribution in [2.75, 3.05) is 7.11 Å². The third-order valence-electron chi connectivity index (χ3n) is 2.67. The number of aryl methyl sites for hydroxylation is 1. The Morgan fingerprint density at radius 2 is 2.00 bits per heavy atom. The Kier molecular flexibility index (Phi) is 5.08. The molecule has 7 heteroatoms. The number of ether oxygens (including phenoxy) is 1. The molecule has 1 atom stereocenters. The maximum Gasteiger partial charge on any atom is 0.326 e. The van der Waals surface area contributed by atoms with Crippen LogP contribution < -0.4 is 5.32 Å². The van der Waals surface area contributed by atoms with Crippen LogP contribution in [0, 0.1) is 6.92 Å². The molecule has 0 spiro atoms. The third kappa shape index (κ3) is 3.98. The number of carboxylic acid groups (broad SMARTS) is 1. The van der Waals surface area contributed by atoms with Crippen molar-refractivity contribution in [3.05, 3.63) is 29.3 Å². The average molecular weight is 281 g/mol. The first-order valence-corrected chi connectivity index (χ1v) is 5.75. The lowest BCUT2D eigenvalue weighted by molar-refractivity contribution is -0.147. The maximum absolute atomic E-state index is 11.9. The summed E-state index contributed by atoms with van der Waals surface area (Å²) >= 11 is 0. The van der Waals surface area contributed by atoms with Crippen molar-refractivity contribution in [3.63, 3.8) is 0 Å². The number of esters is 1. The fourth-order valence-corrected chi connectivity index (χ4v) is 1.44. The van der Waals surface area contributed by atoms with Crippen molar-refractivity contribution >= 4 is 17.8 Å². The van der Waals surface area contributed by atoms with Crippen LogP contribution in [-0.2, 0) is 14.3 Å². The summed E-state index contributed by atoms with van der Waals surface area (Å²) in [6.45, 7) is 1.66. The van der Waals surface area contributed by atoms with Gasteiger partial charge in [-0.05, 0) is 24.6 Å². The highest BCUT2D eigenvalue weighted by atomic mass is 16.5. The standard InChI is InChI=1S/C13H15NO6/c1-7-3-4-8(5-10(7)15)12(17)14-9(13(18)19)6-11(16)20-2/h3-5,9,15H,6H2,1-2H3,(H,14,17)(H,18,19)/t9-/m0/s1. The van der Waals surface area contributed by atoms with Crippen molar-refractivity contribution in [2.45, 2.75) is 19.4 Å². The molecule has 3 N–H and O–H groups in total. The summed E-state index contributed by atoms with van der Waals surface area (Å²) in [5, 5.41) is 20.6. The second-order valence-corrected chi connectivity index (χ2v) is 4.15. The van der Waals surface area contributed by atoms with E-state index in [1.807, 2.05) is 0 Å². The van der Waals surface area contributed by atoms with E-state index < -0.39 is 30.3 Å². The maximum atomic E-state index is 11.9. The fourth-order valence-electron chi connectivity index (χ4n) is 1.44. The number of rotatable bonds is 5. The molecule has 0 aromatic heterocycles. The Bertz CT molecular complexity index is 540. The van der Waals surface area contributed by atoms with Crippen molar-refractivity contribution in [3.8, 4) is 5.75 Å². The molecule has 0 radical (unpaired) electrons. The van der Waals surface area contributed by atoms with Crippen LogP contribution in [0.25, 0.3) is 0 Å². The number of aliphatic carboxylic acids is 1. The van der Waals surface area contributed by atoms with Crippen LogP contribution in [0.1, 0.15) is 22.3 Å². The van der Waals surface area contributed by atoms with Crippen molar-refractivity contribution in [1.82, 2.24) is 5.32 Å². The number of phenolic OH excluding ortho intramolecular Hbond substituents is 1. The molecule has 0 unspecified atom stereocenters. The summed E-state index contributed by atoms with van der Waals surface area (Å²) in [7, 11) is 1.13. The molecule has 0 fully saturated rings. The minimum atomic E-state index is -1.39. The van der Waals surface area contributed by atoms with Gasteiger partial charge in [0.1, 0.15) is 11.8 Å².